The summed E-state index contributed by atoms with van der Waals surface area (Å²) < 4.78 is 10.9. The van der Waals surface area contributed by atoms with E-state index >= 15 is 0 Å². The Morgan fingerprint density at radius 2 is 2.20 bits per heavy atom. The minimum atomic E-state index is -0.265. The van der Waals surface area contributed by atoms with Crippen LogP contribution in [0.5, 0.6) is 11.6 Å². The van der Waals surface area contributed by atoms with Gasteiger partial charge in [0.05, 0.1) is 37.5 Å². The van der Waals surface area contributed by atoms with Crippen molar-refractivity contribution in [3.8, 4) is 17.7 Å². The number of nitriles is 1. The van der Waals surface area contributed by atoms with Crippen LogP contribution in [0.3, 0.4) is 0 Å². The van der Waals surface area contributed by atoms with Gasteiger partial charge in [-0.2, -0.15) is 5.26 Å². The lowest BCUT2D eigenvalue weighted by molar-refractivity contribution is 0.0460. The molecule has 0 radical (unpaired) electrons. The molecular formula is C17H15ClN4O3. The number of carbonyl (C=O) groups excluding carboxylic acids is 1. The van der Waals surface area contributed by atoms with E-state index in [0.29, 0.717) is 41.0 Å². The first-order chi connectivity index (χ1) is 12.1. The summed E-state index contributed by atoms with van der Waals surface area (Å²) in [7, 11) is 1.52. The Morgan fingerprint density at radius 1 is 1.40 bits per heavy atom. The Bertz CT molecular complexity index is 831. The minimum absolute atomic E-state index is 0.159. The number of nitrogens with one attached hydrogen (secondary N) is 1. The zero-order valence-corrected chi connectivity index (χ0v) is 14.2. The van der Waals surface area contributed by atoms with Gasteiger partial charge in [-0.3, -0.25) is 0 Å². The first-order valence-corrected chi connectivity index (χ1v) is 7.89. The van der Waals surface area contributed by atoms with Crippen molar-refractivity contribution in [3.63, 3.8) is 0 Å². The van der Waals surface area contributed by atoms with Gasteiger partial charge < -0.3 is 19.7 Å². The second-order valence-electron chi connectivity index (χ2n) is 5.41. The fourth-order valence-electron chi connectivity index (χ4n) is 2.36. The first kappa shape index (κ1) is 16.9. The van der Waals surface area contributed by atoms with E-state index in [1.54, 1.807) is 35.2 Å². The number of aromatic nitrogens is 1. The number of nitrogens with zero attached hydrogens (tertiary/aromatic N) is 3. The summed E-state index contributed by atoms with van der Waals surface area (Å²) >= 11 is 5.95. The quantitative estimate of drug-likeness (QED) is 0.907. The van der Waals surface area contributed by atoms with Crippen LogP contribution in [0.1, 0.15) is 5.56 Å². The molecule has 0 aliphatic carbocycles. The fraction of sp³-hybridized carbons (Fsp3) is 0.235. The highest BCUT2D eigenvalue weighted by atomic mass is 35.5. The summed E-state index contributed by atoms with van der Waals surface area (Å²) in [6.07, 6.45) is 1.36. The van der Waals surface area contributed by atoms with Crippen molar-refractivity contribution in [2.45, 2.75) is 6.10 Å². The molecule has 2 heterocycles. The van der Waals surface area contributed by atoms with E-state index in [0.717, 1.165) is 0 Å². The number of pyridine rings is 1. The van der Waals surface area contributed by atoms with Crippen LogP contribution in [0.25, 0.3) is 0 Å². The molecule has 0 spiro atoms. The van der Waals surface area contributed by atoms with Crippen LogP contribution in [0, 0.1) is 11.3 Å². The van der Waals surface area contributed by atoms with E-state index in [2.05, 4.69) is 10.3 Å². The number of rotatable bonds is 4. The molecule has 0 unspecified atom stereocenters. The van der Waals surface area contributed by atoms with Crippen molar-refractivity contribution in [1.82, 2.24) is 9.88 Å². The number of hydrogen-bond acceptors (Lipinski definition) is 5. The van der Waals surface area contributed by atoms with Gasteiger partial charge in [0.25, 0.3) is 0 Å². The van der Waals surface area contributed by atoms with E-state index in [4.69, 9.17) is 26.3 Å². The van der Waals surface area contributed by atoms with Crippen LogP contribution in [-0.2, 0) is 0 Å². The molecule has 0 atom stereocenters. The highest BCUT2D eigenvalue weighted by Crippen LogP contribution is 2.28. The van der Waals surface area contributed by atoms with Crippen molar-refractivity contribution in [2.75, 3.05) is 25.5 Å². The van der Waals surface area contributed by atoms with Crippen molar-refractivity contribution in [1.29, 1.82) is 5.26 Å². The van der Waals surface area contributed by atoms with Gasteiger partial charge in [0.2, 0.25) is 5.88 Å². The maximum atomic E-state index is 12.3. The highest BCUT2D eigenvalue weighted by Gasteiger charge is 2.33. The summed E-state index contributed by atoms with van der Waals surface area (Å²) in [6.45, 7) is 0.848. The average molecular weight is 359 g/mol. The zero-order chi connectivity index (χ0) is 17.8. The molecule has 2 amide bonds. The van der Waals surface area contributed by atoms with Gasteiger partial charge in [0, 0.05) is 17.3 Å². The molecule has 2 aromatic rings. The molecule has 1 N–H and O–H groups in total. The van der Waals surface area contributed by atoms with Gasteiger partial charge in [-0.15, -0.1) is 0 Å². The molecule has 7 nitrogen and oxygen atoms in total. The Labute approximate surface area is 149 Å². The van der Waals surface area contributed by atoms with Crippen molar-refractivity contribution < 1.29 is 14.3 Å². The molecule has 8 heteroatoms. The molecule has 1 aromatic carbocycles. The van der Waals surface area contributed by atoms with Gasteiger partial charge in [-0.05, 0) is 24.3 Å². The first-order valence-electron chi connectivity index (χ1n) is 7.51. The molecule has 1 aliphatic rings. The normalized spacial score (nSPS) is 13.6. The number of carbonyl (C=O) groups is 1. The molecule has 1 aliphatic heterocycles. The fourth-order valence-corrected chi connectivity index (χ4v) is 2.54. The summed E-state index contributed by atoms with van der Waals surface area (Å²) in [6, 6.07) is 9.94. The Morgan fingerprint density at radius 3 is 2.92 bits per heavy atom. The Hall–Kier alpha value is -2.98. The standard InChI is InChI=1S/C17H15ClN4O3/c1-24-15-3-2-12(18)7-14(15)21-17(23)22-9-13(10-22)25-16-6-11(8-19)4-5-20-16/h2-7,13H,9-10H2,1H3,(H,21,23). The topological polar surface area (TPSA) is 87.5 Å². The second kappa shape index (κ2) is 7.28. The second-order valence-corrected chi connectivity index (χ2v) is 5.85. The van der Waals surface area contributed by atoms with Crippen molar-refractivity contribution in [3.05, 3.63) is 47.1 Å². The van der Waals surface area contributed by atoms with Gasteiger partial charge in [-0.25, -0.2) is 9.78 Å². The predicted molar refractivity (Wildman–Crippen MR) is 92.0 cm³/mol. The van der Waals surface area contributed by atoms with E-state index < -0.39 is 0 Å². The van der Waals surface area contributed by atoms with E-state index in [-0.39, 0.29) is 12.1 Å². The third-order valence-corrected chi connectivity index (χ3v) is 3.92. The zero-order valence-electron chi connectivity index (χ0n) is 13.4. The van der Waals surface area contributed by atoms with Crippen LogP contribution in [0.2, 0.25) is 5.02 Å². The van der Waals surface area contributed by atoms with Gasteiger partial charge >= 0.3 is 6.03 Å². The number of urea groups is 1. The third-order valence-electron chi connectivity index (χ3n) is 3.69. The maximum Gasteiger partial charge on any atom is 0.322 e. The lowest BCUT2D eigenvalue weighted by atomic mass is 10.2. The number of benzene rings is 1. The molecule has 1 fully saturated rings. The number of anilines is 1. The summed E-state index contributed by atoms with van der Waals surface area (Å²) in [5.41, 5.74) is 0.986. The lowest BCUT2D eigenvalue weighted by Gasteiger charge is -2.38. The maximum absolute atomic E-state index is 12.3. The van der Waals surface area contributed by atoms with Gasteiger partial charge in [-0.1, -0.05) is 11.6 Å². The summed E-state index contributed by atoms with van der Waals surface area (Å²) in [5.74, 6) is 0.907. The molecular weight excluding hydrogens is 344 g/mol. The van der Waals surface area contributed by atoms with E-state index in [1.807, 2.05) is 6.07 Å². The molecule has 0 bridgehead atoms. The van der Waals surface area contributed by atoms with Crippen LogP contribution in [0.4, 0.5) is 10.5 Å². The van der Waals surface area contributed by atoms with Crippen molar-refractivity contribution >= 4 is 23.3 Å². The predicted octanol–water partition coefficient (Wildman–Crippen LogP) is 2.91. The third kappa shape index (κ3) is 3.92. The smallest absolute Gasteiger partial charge is 0.322 e. The number of ether oxygens (including phenoxy) is 2. The number of likely N-dealkylation sites (tertiary alicyclic amines) is 1. The number of methoxy groups -OCH3 is 1. The molecule has 1 saturated heterocycles. The molecule has 3 rings (SSSR count). The Kier molecular flexibility index (Phi) is 4.91. The number of amides is 2. The van der Waals surface area contributed by atoms with E-state index in [1.165, 1.54) is 13.3 Å². The van der Waals surface area contributed by atoms with Crippen LogP contribution >= 0.6 is 11.6 Å². The molecule has 128 valence electrons. The van der Waals surface area contributed by atoms with Crippen molar-refractivity contribution in [2.24, 2.45) is 0 Å². The van der Waals surface area contributed by atoms with Crippen LogP contribution in [0.15, 0.2) is 36.5 Å². The van der Waals surface area contributed by atoms with E-state index in [9.17, 15) is 4.79 Å². The lowest BCUT2D eigenvalue weighted by Crippen LogP contribution is -2.57. The molecule has 0 saturated carbocycles. The number of hydrogen-bond donors (Lipinski definition) is 1. The summed E-state index contributed by atoms with van der Waals surface area (Å²) in [4.78, 5) is 17.9. The monoisotopic (exact) mass is 358 g/mol. The van der Waals surface area contributed by atoms with Crippen LogP contribution in [-0.4, -0.2) is 42.2 Å². The molecule has 25 heavy (non-hydrogen) atoms. The molecule has 1 aromatic heterocycles. The minimum Gasteiger partial charge on any atom is -0.495 e. The largest absolute Gasteiger partial charge is 0.495 e. The highest BCUT2D eigenvalue weighted by molar-refractivity contribution is 6.31. The van der Waals surface area contributed by atoms with Gasteiger partial charge in [0.1, 0.15) is 11.9 Å². The summed E-state index contributed by atoms with van der Waals surface area (Å²) in [5, 5.41) is 12.1. The van der Waals surface area contributed by atoms with Gasteiger partial charge in [0.15, 0.2) is 0 Å². The number of halogens is 1. The Balaban J connectivity index is 1.55. The SMILES string of the molecule is COc1ccc(Cl)cc1NC(=O)N1CC(Oc2cc(C#N)ccn2)C1. The average Bonchev–Trinajstić information content (AvgIpc) is 2.58. The van der Waals surface area contributed by atoms with Crippen LogP contribution < -0.4 is 14.8 Å².